The van der Waals surface area contributed by atoms with E-state index in [1.807, 2.05) is 0 Å². The Bertz CT molecular complexity index is 190. The van der Waals surface area contributed by atoms with Gasteiger partial charge in [0.2, 0.25) is 0 Å². The quantitative estimate of drug-likeness (QED) is 0.335. The van der Waals surface area contributed by atoms with E-state index in [-0.39, 0.29) is 0 Å². The van der Waals surface area contributed by atoms with Crippen LogP contribution in [0, 0.1) is 0 Å². The van der Waals surface area contributed by atoms with Gasteiger partial charge in [0.1, 0.15) is 0 Å². The lowest BCUT2D eigenvalue weighted by Gasteiger charge is -2.04. The fourth-order valence-corrected chi connectivity index (χ4v) is 0.261. The second-order valence-electron chi connectivity index (χ2n) is 1.56. The number of halogens is 3. The summed E-state index contributed by atoms with van der Waals surface area (Å²) in [6, 6.07) is 0. The molecule has 0 radical (unpaired) electrons. The molecule has 0 fully saturated rings. The minimum absolute atomic E-state index is 0.413. The van der Waals surface area contributed by atoms with Crippen LogP contribution in [0.2, 0.25) is 0 Å². The third-order valence-corrected chi connectivity index (χ3v) is 0.663. The second kappa shape index (κ2) is 3.90. The lowest BCUT2D eigenvalue weighted by atomic mass is 10.7. The molecule has 5 nitrogen and oxygen atoms in total. The van der Waals surface area contributed by atoms with E-state index in [0.717, 1.165) is 0 Å². The van der Waals surface area contributed by atoms with Crippen molar-refractivity contribution in [3.63, 3.8) is 0 Å². The van der Waals surface area contributed by atoms with Crippen LogP contribution in [0.3, 0.4) is 0 Å². The zero-order chi connectivity index (χ0) is 9.78. The van der Waals surface area contributed by atoms with Gasteiger partial charge in [-0.25, -0.2) is 9.59 Å². The molecule has 0 aliphatic carbocycles. The number of ether oxygens (including phenoxy) is 1. The third-order valence-electron chi connectivity index (χ3n) is 0.663. The largest absolute Gasteiger partial charge is 0.491 e. The maximum atomic E-state index is 11.4. The van der Waals surface area contributed by atoms with Gasteiger partial charge in [-0.05, 0) is 0 Å². The molecule has 0 aliphatic heterocycles. The van der Waals surface area contributed by atoms with Gasteiger partial charge >= 0.3 is 18.2 Å². The number of hydrogen-bond acceptors (Lipinski definition) is 4. The summed E-state index contributed by atoms with van der Waals surface area (Å²) in [6.07, 6.45) is -6.70. The number of nitrogens with one attached hydrogen (secondary N) is 1. The highest BCUT2D eigenvalue weighted by Gasteiger charge is 2.42. The minimum Gasteiger partial charge on any atom is -0.369 e. The Morgan fingerprint density at radius 1 is 1.42 bits per heavy atom. The van der Waals surface area contributed by atoms with Crippen molar-refractivity contribution in [2.24, 2.45) is 5.73 Å². The molecule has 1 amide bonds. The first-order chi connectivity index (χ1) is 5.38. The van der Waals surface area contributed by atoms with E-state index >= 15 is 0 Å². The average molecular weight is 186 g/mol. The van der Waals surface area contributed by atoms with Crippen LogP contribution in [-0.2, 0) is 9.53 Å². The van der Waals surface area contributed by atoms with Gasteiger partial charge in [-0.15, -0.1) is 0 Å². The summed E-state index contributed by atoms with van der Waals surface area (Å²) in [4.78, 5) is 20.1. The SMILES string of the molecule is NCNC(=O)OC(=O)C(F)(F)F. The topological polar surface area (TPSA) is 81.4 Å². The van der Waals surface area contributed by atoms with E-state index in [1.165, 1.54) is 0 Å². The van der Waals surface area contributed by atoms with E-state index in [1.54, 1.807) is 5.32 Å². The highest BCUT2D eigenvalue weighted by Crippen LogP contribution is 2.16. The second-order valence-corrected chi connectivity index (χ2v) is 1.56. The number of alkyl halides is 3. The highest BCUT2D eigenvalue weighted by molar-refractivity contribution is 5.87. The Morgan fingerprint density at radius 3 is 2.25 bits per heavy atom. The van der Waals surface area contributed by atoms with Crippen LogP contribution in [0.25, 0.3) is 0 Å². The molecular formula is C4H5F3N2O3. The van der Waals surface area contributed by atoms with E-state index in [9.17, 15) is 22.8 Å². The van der Waals surface area contributed by atoms with Crippen molar-refractivity contribution < 1.29 is 27.5 Å². The van der Waals surface area contributed by atoms with Gasteiger partial charge in [0.15, 0.2) is 0 Å². The van der Waals surface area contributed by atoms with E-state index < -0.39 is 24.9 Å². The van der Waals surface area contributed by atoms with Gasteiger partial charge in [0, 0.05) is 0 Å². The minimum atomic E-state index is -5.17. The van der Waals surface area contributed by atoms with E-state index in [4.69, 9.17) is 5.73 Å². The van der Waals surface area contributed by atoms with Gasteiger partial charge in [-0.2, -0.15) is 13.2 Å². The Hall–Kier alpha value is -1.31. The zero-order valence-corrected chi connectivity index (χ0v) is 5.64. The van der Waals surface area contributed by atoms with Crippen LogP contribution < -0.4 is 11.1 Å². The molecule has 0 atom stereocenters. The Balaban J connectivity index is 3.94. The Labute approximate surface area is 64.7 Å². The standard InChI is InChI=1S/C4H5F3N2O3/c5-4(6,7)2(10)12-3(11)9-1-8/h1,8H2,(H,9,11). The van der Waals surface area contributed by atoms with Crippen LogP contribution in [0.5, 0.6) is 0 Å². The maximum Gasteiger partial charge on any atom is 0.491 e. The fourth-order valence-electron chi connectivity index (χ4n) is 0.261. The number of carbonyl (C=O) groups is 2. The Kier molecular flexibility index (Phi) is 3.48. The fraction of sp³-hybridized carbons (Fsp3) is 0.500. The summed E-state index contributed by atoms with van der Waals surface area (Å²) < 4.78 is 37.4. The predicted octanol–water partition coefficient (Wildman–Crippen LogP) is -0.282. The molecule has 0 aromatic carbocycles. The van der Waals surface area contributed by atoms with Crippen molar-refractivity contribution in [2.75, 3.05) is 6.67 Å². The molecule has 0 bridgehead atoms. The lowest BCUT2D eigenvalue weighted by molar-refractivity contribution is -0.192. The van der Waals surface area contributed by atoms with Crippen molar-refractivity contribution >= 4 is 12.1 Å². The molecule has 0 spiro atoms. The van der Waals surface area contributed by atoms with Crippen LogP contribution in [0.1, 0.15) is 0 Å². The van der Waals surface area contributed by atoms with Crippen molar-refractivity contribution in [1.29, 1.82) is 0 Å². The number of carbonyl (C=O) groups excluding carboxylic acids is 2. The molecule has 0 aromatic heterocycles. The maximum absolute atomic E-state index is 11.4. The monoisotopic (exact) mass is 186 g/mol. The molecule has 0 saturated heterocycles. The summed E-state index contributed by atoms with van der Waals surface area (Å²) in [6.45, 7) is -0.413. The first kappa shape index (κ1) is 10.7. The molecule has 8 heteroatoms. The van der Waals surface area contributed by atoms with Crippen LogP contribution in [0.4, 0.5) is 18.0 Å². The predicted molar refractivity (Wildman–Crippen MR) is 29.7 cm³/mol. The molecule has 0 rings (SSSR count). The number of rotatable bonds is 1. The number of esters is 1. The average Bonchev–Trinajstić information content (AvgIpc) is 1.85. The van der Waals surface area contributed by atoms with Gasteiger partial charge in [0.05, 0.1) is 6.67 Å². The molecule has 0 aromatic rings. The molecule has 0 unspecified atom stereocenters. The normalized spacial score (nSPS) is 10.7. The molecule has 0 aliphatic rings. The van der Waals surface area contributed by atoms with Crippen LogP contribution in [0.15, 0.2) is 0 Å². The van der Waals surface area contributed by atoms with Gasteiger partial charge in [0.25, 0.3) is 0 Å². The highest BCUT2D eigenvalue weighted by atomic mass is 19.4. The molecule has 12 heavy (non-hydrogen) atoms. The molecule has 0 saturated carbocycles. The zero-order valence-electron chi connectivity index (χ0n) is 5.64. The summed E-state index contributed by atoms with van der Waals surface area (Å²) in [5.74, 6) is -2.58. The smallest absolute Gasteiger partial charge is 0.369 e. The first-order valence-corrected chi connectivity index (χ1v) is 2.65. The molecule has 3 N–H and O–H groups in total. The lowest BCUT2D eigenvalue weighted by Crippen LogP contribution is -2.36. The van der Waals surface area contributed by atoms with Crippen molar-refractivity contribution in [3.05, 3.63) is 0 Å². The van der Waals surface area contributed by atoms with Crippen molar-refractivity contribution in [1.82, 2.24) is 5.32 Å². The van der Waals surface area contributed by atoms with Crippen LogP contribution in [-0.4, -0.2) is 24.9 Å². The number of amides is 1. The molecular weight excluding hydrogens is 181 g/mol. The van der Waals surface area contributed by atoms with Crippen molar-refractivity contribution in [3.8, 4) is 0 Å². The Morgan fingerprint density at radius 2 is 1.92 bits per heavy atom. The van der Waals surface area contributed by atoms with Crippen molar-refractivity contribution in [2.45, 2.75) is 6.18 Å². The number of nitrogens with two attached hydrogens (primary N) is 1. The van der Waals surface area contributed by atoms with Gasteiger partial charge in [-0.1, -0.05) is 0 Å². The summed E-state index contributed by atoms with van der Waals surface area (Å²) >= 11 is 0. The third kappa shape index (κ3) is 3.76. The summed E-state index contributed by atoms with van der Waals surface area (Å²) in [7, 11) is 0. The summed E-state index contributed by atoms with van der Waals surface area (Å²) in [5.41, 5.74) is 4.71. The van der Waals surface area contributed by atoms with Gasteiger partial charge in [-0.3, -0.25) is 0 Å². The number of hydrogen-bond donors (Lipinski definition) is 2. The number of alkyl carbamates (subject to hydrolysis) is 1. The van der Waals surface area contributed by atoms with Crippen LogP contribution >= 0.6 is 0 Å². The van der Waals surface area contributed by atoms with E-state index in [0.29, 0.717) is 0 Å². The molecule has 70 valence electrons. The molecule has 0 heterocycles. The van der Waals surface area contributed by atoms with E-state index in [2.05, 4.69) is 4.74 Å². The summed E-state index contributed by atoms with van der Waals surface area (Å²) in [5, 5.41) is 1.64. The van der Waals surface area contributed by atoms with Gasteiger partial charge < -0.3 is 15.8 Å². The first-order valence-electron chi connectivity index (χ1n) is 2.65.